The van der Waals surface area contributed by atoms with Crippen LogP contribution in [0.3, 0.4) is 0 Å². The number of carbonyl (C=O) groups is 1. The van der Waals surface area contributed by atoms with E-state index < -0.39 is 0 Å². The molecule has 1 unspecified atom stereocenters. The summed E-state index contributed by atoms with van der Waals surface area (Å²) in [6, 6.07) is 7.19. The lowest BCUT2D eigenvalue weighted by atomic mass is 10.2. The number of pyridine rings is 1. The number of rotatable bonds is 4. The van der Waals surface area contributed by atoms with Gasteiger partial charge in [-0.2, -0.15) is 0 Å². The highest BCUT2D eigenvalue weighted by molar-refractivity contribution is 7.09. The fraction of sp³-hybridized carbons (Fsp3) is 0.231. The van der Waals surface area contributed by atoms with E-state index in [1.165, 1.54) is 4.88 Å². The smallest absolute Gasteiger partial charge is 0.254 e. The number of hydrogen-bond acceptors (Lipinski definition) is 3. The summed E-state index contributed by atoms with van der Waals surface area (Å²) in [7, 11) is 0. The fourth-order valence-electron chi connectivity index (χ4n) is 1.66. The van der Waals surface area contributed by atoms with Crippen molar-refractivity contribution in [2.75, 3.05) is 0 Å². The van der Waals surface area contributed by atoms with Crippen LogP contribution in [0.1, 0.15) is 22.2 Å². The molecule has 3 nitrogen and oxygen atoms in total. The third kappa shape index (κ3) is 3.93. The number of aromatic nitrogens is 1. The van der Waals surface area contributed by atoms with Gasteiger partial charge in [0.2, 0.25) is 0 Å². The summed E-state index contributed by atoms with van der Waals surface area (Å²) in [5.41, 5.74) is 0.337. The Labute approximate surface area is 125 Å². The SMILES string of the molecule is CC(Cc1cccs1)NC(=O)c1ccc(Cl)nc1Cl. The van der Waals surface area contributed by atoms with E-state index >= 15 is 0 Å². The van der Waals surface area contributed by atoms with Crippen molar-refractivity contribution in [3.05, 3.63) is 50.4 Å². The van der Waals surface area contributed by atoms with Gasteiger partial charge in [0, 0.05) is 17.3 Å². The third-order valence-electron chi connectivity index (χ3n) is 2.52. The van der Waals surface area contributed by atoms with Crippen LogP contribution >= 0.6 is 34.5 Å². The van der Waals surface area contributed by atoms with Crippen LogP contribution in [-0.4, -0.2) is 16.9 Å². The average Bonchev–Trinajstić information content (AvgIpc) is 2.81. The average molecular weight is 315 g/mol. The first-order valence-corrected chi connectivity index (χ1v) is 7.35. The zero-order chi connectivity index (χ0) is 13.8. The maximum Gasteiger partial charge on any atom is 0.254 e. The van der Waals surface area contributed by atoms with E-state index in [2.05, 4.69) is 10.3 Å². The maximum absolute atomic E-state index is 12.0. The molecular formula is C13H12Cl2N2OS. The first-order valence-electron chi connectivity index (χ1n) is 5.71. The van der Waals surface area contributed by atoms with Crippen molar-refractivity contribution in [2.24, 2.45) is 0 Å². The van der Waals surface area contributed by atoms with E-state index in [1.54, 1.807) is 23.5 Å². The second kappa shape index (κ2) is 6.37. The zero-order valence-corrected chi connectivity index (χ0v) is 12.5. The molecule has 2 heterocycles. The lowest BCUT2D eigenvalue weighted by Gasteiger charge is -2.13. The van der Waals surface area contributed by atoms with Gasteiger partial charge in [-0.05, 0) is 30.5 Å². The molecule has 6 heteroatoms. The standard InChI is InChI=1S/C13H12Cl2N2OS/c1-8(7-9-3-2-6-19-9)16-13(18)10-4-5-11(14)17-12(10)15/h2-6,8H,7H2,1H3,(H,16,18). The first-order chi connectivity index (χ1) is 9.06. The van der Waals surface area contributed by atoms with E-state index in [9.17, 15) is 4.79 Å². The lowest BCUT2D eigenvalue weighted by molar-refractivity contribution is 0.0940. The van der Waals surface area contributed by atoms with Crippen molar-refractivity contribution < 1.29 is 4.79 Å². The highest BCUT2D eigenvalue weighted by atomic mass is 35.5. The Morgan fingerprint density at radius 3 is 2.84 bits per heavy atom. The molecule has 1 amide bonds. The van der Waals surface area contributed by atoms with Gasteiger partial charge in [0.05, 0.1) is 5.56 Å². The van der Waals surface area contributed by atoms with Gasteiger partial charge in [-0.25, -0.2) is 4.98 Å². The second-order valence-electron chi connectivity index (χ2n) is 4.13. The van der Waals surface area contributed by atoms with Gasteiger partial charge in [-0.1, -0.05) is 29.3 Å². The van der Waals surface area contributed by atoms with Crippen LogP contribution in [-0.2, 0) is 6.42 Å². The summed E-state index contributed by atoms with van der Waals surface area (Å²) in [6.07, 6.45) is 0.794. The van der Waals surface area contributed by atoms with Crippen LogP contribution in [0.5, 0.6) is 0 Å². The van der Waals surface area contributed by atoms with E-state index in [0.29, 0.717) is 5.56 Å². The summed E-state index contributed by atoms with van der Waals surface area (Å²) in [4.78, 5) is 17.1. The van der Waals surface area contributed by atoms with Gasteiger partial charge >= 0.3 is 0 Å². The number of nitrogens with zero attached hydrogens (tertiary/aromatic N) is 1. The van der Waals surface area contributed by atoms with Crippen molar-refractivity contribution >= 4 is 40.4 Å². The van der Waals surface area contributed by atoms with Crippen LogP contribution in [0.2, 0.25) is 10.3 Å². The molecule has 0 bridgehead atoms. The van der Waals surface area contributed by atoms with E-state index in [-0.39, 0.29) is 22.3 Å². The number of halogens is 2. The molecule has 2 aromatic heterocycles. The third-order valence-corrected chi connectivity index (χ3v) is 3.92. The van der Waals surface area contributed by atoms with Gasteiger partial charge in [-0.15, -0.1) is 11.3 Å². The summed E-state index contributed by atoms with van der Waals surface area (Å²) < 4.78 is 0. The molecule has 0 aromatic carbocycles. The van der Waals surface area contributed by atoms with Gasteiger partial charge < -0.3 is 5.32 Å². The van der Waals surface area contributed by atoms with Gasteiger partial charge in [0.15, 0.2) is 0 Å². The van der Waals surface area contributed by atoms with E-state index in [0.717, 1.165) is 6.42 Å². The molecule has 1 atom stereocenters. The molecule has 100 valence electrons. The summed E-state index contributed by atoms with van der Waals surface area (Å²) in [5, 5.41) is 5.30. The number of hydrogen-bond donors (Lipinski definition) is 1. The predicted octanol–water partition coefficient (Wildman–Crippen LogP) is 3.81. The van der Waals surface area contributed by atoms with Crippen molar-refractivity contribution in [1.82, 2.24) is 10.3 Å². The predicted molar refractivity (Wildman–Crippen MR) is 79.2 cm³/mol. The van der Waals surface area contributed by atoms with Gasteiger partial charge in [-0.3, -0.25) is 4.79 Å². The molecule has 19 heavy (non-hydrogen) atoms. The van der Waals surface area contributed by atoms with E-state index in [4.69, 9.17) is 23.2 Å². The number of thiophene rings is 1. The molecular weight excluding hydrogens is 303 g/mol. The Bertz CT molecular complexity index is 572. The Kier molecular flexibility index (Phi) is 4.80. The topological polar surface area (TPSA) is 42.0 Å². The van der Waals surface area contributed by atoms with Crippen molar-refractivity contribution in [1.29, 1.82) is 0 Å². The Hall–Kier alpha value is -1.10. The van der Waals surface area contributed by atoms with Crippen molar-refractivity contribution in [2.45, 2.75) is 19.4 Å². The highest BCUT2D eigenvalue weighted by Crippen LogP contribution is 2.17. The van der Waals surface area contributed by atoms with Crippen LogP contribution in [0.15, 0.2) is 29.6 Å². The molecule has 0 radical (unpaired) electrons. The minimum Gasteiger partial charge on any atom is -0.349 e. The monoisotopic (exact) mass is 314 g/mol. The maximum atomic E-state index is 12.0. The largest absolute Gasteiger partial charge is 0.349 e. The lowest BCUT2D eigenvalue weighted by Crippen LogP contribution is -2.34. The Morgan fingerprint density at radius 1 is 1.42 bits per heavy atom. The number of carbonyl (C=O) groups excluding carboxylic acids is 1. The van der Waals surface area contributed by atoms with Crippen LogP contribution in [0, 0.1) is 0 Å². The summed E-state index contributed by atoms with van der Waals surface area (Å²) in [6.45, 7) is 1.95. The molecule has 2 rings (SSSR count). The van der Waals surface area contributed by atoms with Crippen LogP contribution < -0.4 is 5.32 Å². The molecule has 0 saturated carbocycles. The minimum atomic E-state index is -0.238. The number of amides is 1. The fourth-order valence-corrected chi connectivity index (χ4v) is 2.93. The van der Waals surface area contributed by atoms with Gasteiger partial charge in [0.25, 0.3) is 5.91 Å². The first kappa shape index (κ1) is 14.3. The van der Waals surface area contributed by atoms with Crippen LogP contribution in [0.25, 0.3) is 0 Å². The Morgan fingerprint density at radius 2 is 2.21 bits per heavy atom. The van der Waals surface area contributed by atoms with E-state index in [1.807, 2.05) is 24.4 Å². The molecule has 0 fully saturated rings. The number of nitrogens with one attached hydrogen (secondary N) is 1. The molecule has 0 aliphatic rings. The summed E-state index contributed by atoms with van der Waals surface area (Å²) in [5.74, 6) is -0.238. The zero-order valence-electron chi connectivity index (χ0n) is 10.2. The quantitative estimate of drug-likeness (QED) is 0.872. The molecule has 0 aliphatic carbocycles. The van der Waals surface area contributed by atoms with Gasteiger partial charge in [0.1, 0.15) is 10.3 Å². The molecule has 1 N–H and O–H groups in total. The highest BCUT2D eigenvalue weighted by Gasteiger charge is 2.14. The molecule has 0 saturated heterocycles. The minimum absolute atomic E-state index is 0.0258. The second-order valence-corrected chi connectivity index (χ2v) is 5.91. The van der Waals surface area contributed by atoms with Crippen LogP contribution in [0.4, 0.5) is 0 Å². The summed E-state index contributed by atoms with van der Waals surface area (Å²) >= 11 is 13.3. The Balaban J connectivity index is 2.00. The molecule has 2 aromatic rings. The van der Waals surface area contributed by atoms with Crippen molar-refractivity contribution in [3.63, 3.8) is 0 Å². The van der Waals surface area contributed by atoms with Crippen molar-refractivity contribution in [3.8, 4) is 0 Å². The molecule has 0 spiro atoms. The normalized spacial score (nSPS) is 12.2. The molecule has 0 aliphatic heterocycles.